The zero-order valence-corrected chi connectivity index (χ0v) is 22.1. The molecule has 0 aromatic heterocycles. The van der Waals surface area contributed by atoms with Crippen LogP contribution in [-0.4, -0.2) is 57.7 Å². The maximum Gasteiger partial charge on any atom is 0.161 e. The van der Waals surface area contributed by atoms with Crippen LogP contribution in [0.25, 0.3) is 21.5 Å². The molecule has 0 fully saturated rings. The predicted molar refractivity (Wildman–Crippen MR) is 150 cm³/mol. The molecule has 4 aromatic carbocycles. The first-order chi connectivity index (χ1) is 18.3. The fourth-order valence-electron chi connectivity index (χ4n) is 4.40. The molecule has 0 aliphatic heterocycles. The van der Waals surface area contributed by atoms with Crippen LogP contribution in [0.5, 0.6) is 11.5 Å². The highest BCUT2D eigenvalue weighted by Gasteiger charge is 2.15. The molecule has 7 heteroatoms. The number of hydrogen-bond donors (Lipinski definition) is 0. The van der Waals surface area contributed by atoms with E-state index in [1.807, 2.05) is 54.6 Å². The monoisotopic (exact) mass is 540 g/mol. The summed E-state index contributed by atoms with van der Waals surface area (Å²) in [7, 11) is 0. The minimum atomic E-state index is 0.374. The SMILES string of the molecule is O=Cc1c2ccccc2c(Cc2ccc(OCCOCCCl)c(OCCOCCCl)c2)c2ccccc12. The number of benzene rings is 4. The van der Waals surface area contributed by atoms with Crippen molar-refractivity contribution in [2.45, 2.75) is 6.42 Å². The molecule has 5 nitrogen and oxygen atoms in total. The van der Waals surface area contributed by atoms with Gasteiger partial charge in [-0.1, -0.05) is 54.6 Å². The van der Waals surface area contributed by atoms with Crippen LogP contribution in [0.1, 0.15) is 21.5 Å². The molecule has 37 heavy (non-hydrogen) atoms. The summed E-state index contributed by atoms with van der Waals surface area (Å²) in [6, 6.07) is 22.1. The minimum Gasteiger partial charge on any atom is -0.487 e. The first-order valence-electron chi connectivity index (χ1n) is 12.3. The lowest BCUT2D eigenvalue weighted by Crippen LogP contribution is -2.11. The second kappa shape index (κ2) is 14.2. The lowest BCUT2D eigenvalue weighted by atomic mass is 9.89. The van der Waals surface area contributed by atoms with Crippen molar-refractivity contribution in [1.82, 2.24) is 0 Å². The molecular formula is C30H30Cl2O5. The Bertz CT molecular complexity index is 1270. The minimum absolute atomic E-state index is 0.374. The Balaban J connectivity index is 1.65. The first kappa shape index (κ1) is 27.2. The summed E-state index contributed by atoms with van der Waals surface area (Å²) >= 11 is 11.4. The Morgan fingerprint density at radius 3 is 1.70 bits per heavy atom. The maximum absolute atomic E-state index is 12.0. The van der Waals surface area contributed by atoms with Gasteiger partial charge in [0.15, 0.2) is 17.8 Å². The Morgan fingerprint density at radius 1 is 0.622 bits per heavy atom. The lowest BCUT2D eigenvalue weighted by Gasteiger charge is -2.17. The normalized spacial score (nSPS) is 11.2. The van der Waals surface area contributed by atoms with Gasteiger partial charge < -0.3 is 18.9 Å². The van der Waals surface area contributed by atoms with E-state index < -0.39 is 0 Å². The molecule has 0 N–H and O–H groups in total. The van der Waals surface area contributed by atoms with Crippen LogP contribution in [0.15, 0.2) is 66.7 Å². The zero-order chi connectivity index (χ0) is 25.9. The average molecular weight is 541 g/mol. The van der Waals surface area contributed by atoms with Crippen LogP contribution in [0.2, 0.25) is 0 Å². The molecular weight excluding hydrogens is 511 g/mol. The van der Waals surface area contributed by atoms with Gasteiger partial charge in [0.1, 0.15) is 13.2 Å². The van der Waals surface area contributed by atoms with Crippen molar-refractivity contribution in [2.75, 3.05) is 51.4 Å². The van der Waals surface area contributed by atoms with Gasteiger partial charge in [0.05, 0.1) is 26.4 Å². The third kappa shape index (κ3) is 6.93. The second-order valence-electron chi connectivity index (χ2n) is 8.36. The molecule has 0 unspecified atom stereocenters. The molecule has 4 rings (SSSR count). The summed E-state index contributed by atoms with van der Waals surface area (Å²) in [6.45, 7) is 2.58. The predicted octanol–water partition coefficient (Wildman–Crippen LogP) is 6.66. The number of alkyl halides is 2. The highest BCUT2D eigenvalue weighted by Crippen LogP contribution is 2.35. The number of carbonyl (C=O) groups is 1. The molecule has 0 bridgehead atoms. The molecule has 0 heterocycles. The summed E-state index contributed by atoms with van der Waals surface area (Å²) in [5.74, 6) is 2.17. The van der Waals surface area contributed by atoms with Gasteiger partial charge >= 0.3 is 0 Å². The quantitative estimate of drug-likeness (QED) is 0.0729. The smallest absolute Gasteiger partial charge is 0.161 e. The van der Waals surface area contributed by atoms with Gasteiger partial charge in [0.25, 0.3) is 0 Å². The standard InChI is InChI=1S/C30H30Cl2O5/c31-11-13-34-15-17-36-29-10-9-22(20-30(29)37-18-16-35-14-12-32)19-27-23-5-1-3-7-25(23)28(21-33)26-8-4-2-6-24(26)27/h1-10,20-21H,11-19H2. The van der Waals surface area contributed by atoms with Crippen LogP contribution in [0.4, 0.5) is 0 Å². The molecule has 4 aromatic rings. The van der Waals surface area contributed by atoms with E-state index in [9.17, 15) is 4.79 Å². The number of aldehydes is 1. The van der Waals surface area contributed by atoms with E-state index in [0.717, 1.165) is 44.5 Å². The van der Waals surface area contributed by atoms with Crippen LogP contribution in [0.3, 0.4) is 0 Å². The number of hydrogen-bond acceptors (Lipinski definition) is 5. The zero-order valence-electron chi connectivity index (χ0n) is 20.6. The highest BCUT2D eigenvalue weighted by molar-refractivity contribution is 6.18. The van der Waals surface area contributed by atoms with Crippen molar-refractivity contribution >= 4 is 51.0 Å². The molecule has 0 spiro atoms. The topological polar surface area (TPSA) is 54.0 Å². The molecule has 0 saturated carbocycles. The molecule has 194 valence electrons. The number of fused-ring (bicyclic) bond motifs is 2. The van der Waals surface area contributed by atoms with Crippen molar-refractivity contribution in [2.24, 2.45) is 0 Å². The largest absolute Gasteiger partial charge is 0.487 e. The molecule has 0 aliphatic carbocycles. The van der Waals surface area contributed by atoms with Gasteiger partial charge in [-0.15, -0.1) is 23.2 Å². The van der Waals surface area contributed by atoms with E-state index in [1.54, 1.807) is 0 Å². The van der Waals surface area contributed by atoms with Gasteiger partial charge in [0, 0.05) is 17.3 Å². The number of rotatable bonds is 15. The van der Waals surface area contributed by atoms with E-state index in [1.165, 1.54) is 0 Å². The van der Waals surface area contributed by atoms with Gasteiger partial charge in [-0.25, -0.2) is 0 Å². The van der Waals surface area contributed by atoms with Gasteiger partial charge in [-0.2, -0.15) is 0 Å². The Labute approximate surface area is 227 Å². The average Bonchev–Trinajstić information content (AvgIpc) is 2.93. The Morgan fingerprint density at radius 2 is 1.16 bits per heavy atom. The molecule has 0 aliphatic rings. The number of halogens is 2. The van der Waals surface area contributed by atoms with Crippen LogP contribution in [-0.2, 0) is 15.9 Å². The van der Waals surface area contributed by atoms with E-state index in [4.69, 9.17) is 42.1 Å². The lowest BCUT2D eigenvalue weighted by molar-refractivity contribution is 0.101. The fraction of sp³-hybridized carbons (Fsp3) is 0.300. The summed E-state index contributed by atoms with van der Waals surface area (Å²) in [5, 5.41) is 4.04. The molecule has 0 radical (unpaired) electrons. The van der Waals surface area contributed by atoms with Crippen LogP contribution in [0, 0.1) is 0 Å². The van der Waals surface area contributed by atoms with Crippen molar-refractivity contribution in [3.63, 3.8) is 0 Å². The van der Waals surface area contributed by atoms with E-state index in [-0.39, 0.29) is 0 Å². The van der Waals surface area contributed by atoms with Gasteiger partial charge in [0.2, 0.25) is 0 Å². The Hall–Kier alpha value is -2.83. The van der Waals surface area contributed by atoms with Crippen molar-refractivity contribution in [3.8, 4) is 11.5 Å². The van der Waals surface area contributed by atoms with E-state index in [2.05, 4.69) is 12.1 Å². The third-order valence-electron chi connectivity index (χ3n) is 6.01. The van der Waals surface area contributed by atoms with Gasteiger partial charge in [-0.05, 0) is 51.2 Å². The van der Waals surface area contributed by atoms with E-state index >= 15 is 0 Å². The number of carbonyl (C=O) groups excluding carboxylic acids is 1. The van der Waals surface area contributed by atoms with Crippen LogP contribution < -0.4 is 9.47 Å². The summed E-state index contributed by atoms with van der Waals surface area (Å²) in [4.78, 5) is 12.0. The fourth-order valence-corrected chi connectivity index (χ4v) is 4.62. The van der Waals surface area contributed by atoms with Crippen molar-refractivity contribution in [3.05, 3.63) is 83.4 Å². The van der Waals surface area contributed by atoms with E-state index in [0.29, 0.717) is 69.3 Å². The van der Waals surface area contributed by atoms with Crippen LogP contribution >= 0.6 is 23.2 Å². The second-order valence-corrected chi connectivity index (χ2v) is 9.11. The first-order valence-corrected chi connectivity index (χ1v) is 13.4. The summed E-state index contributed by atoms with van der Waals surface area (Å²) in [5.41, 5.74) is 2.95. The van der Waals surface area contributed by atoms with Crippen molar-refractivity contribution in [1.29, 1.82) is 0 Å². The molecule has 0 atom stereocenters. The summed E-state index contributed by atoms with van der Waals surface area (Å²) < 4.78 is 22.9. The highest BCUT2D eigenvalue weighted by atomic mass is 35.5. The molecule has 0 saturated heterocycles. The maximum atomic E-state index is 12.0. The third-order valence-corrected chi connectivity index (χ3v) is 6.31. The number of ether oxygens (including phenoxy) is 4. The van der Waals surface area contributed by atoms with Crippen molar-refractivity contribution < 1.29 is 23.7 Å². The molecule has 0 amide bonds. The Kier molecular flexibility index (Phi) is 10.4. The summed E-state index contributed by atoms with van der Waals surface area (Å²) in [6.07, 6.45) is 1.62. The van der Waals surface area contributed by atoms with Gasteiger partial charge in [-0.3, -0.25) is 4.79 Å².